The molecule has 0 saturated heterocycles. The molecule has 1 aromatic rings. The van der Waals surface area contributed by atoms with Crippen LogP contribution < -0.4 is 0 Å². The number of aryl methyl sites for hydroxylation is 1. The Kier molecular flexibility index (Phi) is 2.70. The molecule has 1 heterocycles. The van der Waals surface area contributed by atoms with Gasteiger partial charge < -0.3 is 10.1 Å². The molecule has 0 amide bonds. The Balaban J connectivity index is 2.65. The summed E-state index contributed by atoms with van der Waals surface area (Å²) in [6.07, 6.45) is 2.12. The molecular formula is C8H10N2O. The van der Waals surface area contributed by atoms with Crippen LogP contribution in [-0.2, 0) is 0 Å². The van der Waals surface area contributed by atoms with Crippen LogP contribution in [0.4, 0.5) is 0 Å². The minimum atomic E-state index is 0.108. The Bertz CT molecular complexity index is 280. The maximum absolute atomic E-state index is 8.43. The van der Waals surface area contributed by atoms with Crippen LogP contribution in [0.25, 0.3) is 0 Å². The van der Waals surface area contributed by atoms with Crippen molar-refractivity contribution >= 4 is 0 Å². The zero-order chi connectivity index (χ0) is 8.10. The maximum Gasteiger partial charge on any atom is 0.133 e. The zero-order valence-electron chi connectivity index (χ0n) is 6.39. The Morgan fingerprint density at radius 2 is 2.55 bits per heavy atom. The second-order valence-electron chi connectivity index (χ2n) is 2.15. The lowest BCUT2D eigenvalue weighted by Crippen LogP contribution is -1.80. The lowest BCUT2D eigenvalue weighted by atomic mass is 10.3. The van der Waals surface area contributed by atoms with Gasteiger partial charge in [0.25, 0.3) is 0 Å². The fraction of sp³-hybridized carbons (Fsp3) is 0.375. The molecule has 3 heteroatoms. The van der Waals surface area contributed by atoms with Crippen LogP contribution in [0.15, 0.2) is 6.33 Å². The average Bonchev–Trinajstić information content (AvgIpc) is 2.37. The Hall–Kier alpha value is -1.27. The van der Waals surface area contributed by atoms with E-state index in [9.17, 15) is 0 Å². The highest BCUT2D eigenvalue weighted by molar-refractivity contribution is 5.30. The van der Waals surface area contributed by atoms with E-state index in [1.165, 1.54) is 0 Å². The lowest BCUT2D eigenvalue weighted by molar-refractivity contribution is 0.305. The highest BCUT2D eigenvalue weighted by Crippen LogP contribution is 1.96. The minimum Gasteiger partial charge on any atom is -0.395 e. The molecule has 0 radical (unpaired) electrons. The van der Waals surface area contributed by atoms with Gasteiger partial charge in [0, 0.05) is 12.1 Å². The van der Waals surface area contributed by atoms with Gasteiger partial charge in [0.1, 0.15) is 5.69 Å². The molecule has 1 rings (SSSR count). The fourth-order valence-corrected chi connectivity index (χ4v) is 0.687. The largest absolute Gasteiger partial charge is 0.395 e. The van der Waals surface area contributed by atoms with Gasteiger partial charge in [0.15, 0.2) is 0 Å². The highest BCUT2D eigenvalue weighted by Gasteiger charge is 1.92. The third-order valence-electron chi connectivity index (χ3n) is 1.27. The van der Waals surface area contributed by atoms with Crippen LogP contribution in [0.3, 0.4) is 0 Å². The standard InChI is InChI=1S/C8H10N2O/c1-7-8(10-6-9-7)4-2-3-5-11/h6,11H,3,5H2,1H3,(H,9,10). The van der Waals surface area contributed by atoms with Crippen molar-refractivity contribution in [2.45, 2.75) is 13.3 Å². The number of aliphatic hydroxyl groups is 1. The van der Waals surface area contributed by atoms with E-state index in [0.717, 1.165) is 11.4 Å². The van der Waals surface area contributed by atoms with E-state index in [1.54, 1.807) is 6.33 Å². The number of hydrogen-bond acceptors (Lipinski definition) is 2. The summed E-state index contributed by atoms with van der Waals surface area (Å²) >= 11 is 0. The summed E-state index contributed by atoms with van der Waals surface area (Å²) in [5.41, 5.74) is 1.73. The molecule has 0 aliphatic heterocycles. The molecule has 0 spiro atoms. The van der Waals surface area contributed by atoms with E-state index in [1.807, 2.05) is 6.92 Å². The number of H-pyrrole nitrogens is 1. The van der Waals surface area contributed by atoms with Gasteiger partial charge in [-0.15, -0.1) is 0 Å². The van der Waals surface area contributed by atoms with Crippen LogP contribution >= 0.6 is 0 Å². The lowest BCUT2D eigenvalue weighted by Gasteiger charge is -1.82. The molecule has 0 atom stereocenters. The van der Waals surface area contributed by atoms with E-state index in [0.29, 0.717) is 6.42 Å². The highest BCUT2D eigenvalue weighted by atomic mass is 16.2. The second-order valence-corrected chi connectivity index (χ2v) is 2.15. The normalized spacial score (nSPS) is 8.91. The first kappa shape index (κ1) is 7.83. The molecule has 1 aromatic heterocycles. The molecule has 11 heavy (non-hydrogen) atoms. The molecule has 0 unspecified atom stereocenters. The summed E-state index contributed by atoms with van der Waals surface area (Å²) < 4.78 is 0. The molecule has 0 aromatic carbocycles. The van der Waals surface area contributed by atoms with Gasteiger partial charge in [-0.3, -0.25) is 0 Å². The van der Waals surface area contributed by atoms with Crippen molar-refractivity contribution in [1.29, 1.82) is 0 Å². The molecule has 0 saturated carbocycles. The quantitative estimate of drug-likeness (QED) is 0.571. The number of nitrogens with one attached hydrogen (secondary N) is 1. The number of aromatic nitrogens is 2. The Labute approximate surface area is 65.5 Å². The third-order valence-corrected chi connectivity index (χ3v) is 1.27. The fourth-order valence-electron chi connectivity index (χ4n) is 0.687. The molecule has 0 fully saturated rings. The van der Waals surface area contributed by atoms with Crippen molar-refractivity contribution < 1.29 is 5.11 Å². The van der Waals surface area contributed by atoms with Gasteiger partial charge in [-0.25, -0.2) is 4.98 Å². The summed E-state index contributed by atoms with van der Waals surface area (Å²) in [5.74, 6) is 5.64. The molecule has 2 N–H and O–H groups in total. The summed E-state index contributed by atoms with van der Waals surface area (Å²) in [6, 6.07) is 0. The average molecular weight is 150 g/mol. The number of nitrogens with zero attached hydrogens (tertiary/aromatic N) is 1. The summed E-state index contributed by atoms with van der Waals surface area (Å²) in [4.78, 5) is 6.90. The van der Waals surface area contributed by atoms with E-state index < -0.39 is 0 Å². The number of imidazole rings is 1. The SMILES string of the molecule is Cc1[nH]cnc1C#CCCO. The minimum absolute atomic E-state index is 0.108. The van der Waals surface area contributed by atoms with Crippen molar-refractivity contribution in [3.05, 3.63) is 17.7 Å². The van der Waals surface area contributed by atoms with Crippen LogP contribution in [-0.4, -0.2) is 21.7 Å². The van der Waals surface area contributed by atoms with Crippen molar-refractivity contribution in [3.8, 4) is 11.8 Å². The van der Waals surface area contributed by atoms with E-state index >= 15 is 0 Å². The van der Waals surface area contributed by atoms with Crippen LogP contribution in [0, 0.1) is 18.8 Å². The number of aromatic amines is 1. The van der Waals surface area contributed by atoms with Crippen molar-refractivity contribution in [2.24, 2.45) is 0 Å². The van der Waals surface area contributed by atoms with Crippen molar-refractivity contribution in [1.82, 2.24) is 9.97 Å². The predicted molar refractivity (Wildman–Crippen MR) is 41.9 cm³/mol. The van der Waals surface area contributed by atoms with E-state index in [-0.39, 0.29) is 6.61 Å². The van der Waals surface area contributed by atoms with Crippen LogP contribution in [0.1, 0.15) is 17.8 Å². The Morgan fingerprint density at radius 3 is 3.09 bits per heavy atom. The molecule has 58 valence electrons. The van der Waals surface area contributed by atoms with E-state index in [2.05, 4.69) is 21.8 Å². The van der Waals surface area contributed by atoms with Crippen molar-refractivity contribution in [3.63, 3.8) is 0 Å². The van der Waals surface area contributed by atoms with Crippen LogP contribution in [0.2, 0.25) is 0 Å². The van der Waals surface area contributed by atoms with Gasteiger partial charge in [-0.2, -0.15) is 0 Å². The first-order valence-electron chi connectivity index (χ1n) is 3.44. The van der Waals surface area contributed by atoms with E-state index in [4.69, 9.17) is 5.11 Å². The smallest absolute Gasteiger partial charge is 0.133 e. The molecule has 3 nitrogen and oxygen atoms in total. The van der Waals surface area contributed by atoms with Gasteiger partial charge in [0.05, 0.1) is 12.9 Å². The first-order valence-corrected chi connectivity index (χ1v) is 3.44. The third kappa shape index (κ3) is 2.10. The first-order chi connectivity index (χ1) is 5.34. The monoisotopic (exact) mass is 150 g/mol. The molecule has 0 bridgehead atoms. The summed E-state index contributed by atoms with van der Waals surface area (Å²) in [5, 5.41) is 8.43. The number of rotatable bonds is 1. The summed E-state index contributed by atoms with van der Waals surface area (Å²) in [7, 11) is 0. The molecular weight excluding hydrogens is 140 g/mol. The zero-order valence-corrected chi connectivity index (χ0v) is 6.39. The second kappa shape index (κ2) is 3.79. The molecule has 0 aliphatic rings. The summed E-state index contributed by atoms with van der Waals surface area (Å²) in [6.45, 7) is 2.02. The van der Waals surface area contributed by atoms with Gasteiger partial charge in [-0.05, 0) is 12.8 Å². The van der Waals surface area contributed by atoms with Crippen LogP contribution in [0.5, 0.6) is 0 Å². The topological polar surface area (TPSA) is 48.9 Å². The molecule has 0 aliphatic carbocycles. The number of hydrogen-bond donors (Lipinski definition) is 2. The van der Waals surface area contributed by atoms with Gasteiger partial charge in [0.2, 0.25) is 0 Å². The van der Waals surface area contributed by atoms with Crippen molar-refractivity contribution in [2.75, 3.05) is 6.61 Å². The Morgan fingerprint density at radius 1 is 1.73 bits per heavy atom. The number of aliphatic hydroxyl groups excluding tert-OH is 1. The predicted octanol–water partition coefficient (Wildman–Crippen LogP) is 0.452. The van der Waals surface area contributed by atoms with Gasteiger partial charge >= 0.3 is 0 Å². The maximum atomic E-state index is 8.43. The van der Waals surface area contributed by atoms with Gasteiger partial charge in [-0.1, -0.05) is 5.92 Å².